The van der Waals surface area contributed by atoms with Gasteiger partial charge in [-0.05, 0) is 41.0 Å². The van der Waals surface area contributed by atoms with Gasteiger partial charge in [0.25, 0.3) is 0 Å². The highest BCUT2D eigenvalue weighted by Gasteiger charge is 2.40. The van der Waals surface area contributed by atoms with Gasteiger partial charge in [0.2, 0.25) is 0 Å². The molecule has 0 saturated heterocycles. The number of fused-ring (bicyclic) bond motifs is 12. The first-order valence-electron chi connectivity index (χ1n) is 12.2. The predicted octanol–water partition coefficient (Wildman–Crippen LogP) is 9.46. The maximum atomic E-state index is 2.51. The van der Waals surface area contributed by atoms with Gasteiger partial charge in [-0.3, -0.25) is 0 Å². The molecule has 0 N–H and O–H groups in total. The van der Waals surface area contributed by atoms with Crippen LogP contribution in [0.15, 0.2) is 103 Å². The average molecular weight is 466 g/mol. The molecular weight excluding hydrogens is 442 g/mol. The number of benzene rings is 5. The standard InChI is InChI=1S/C33H23NS/c1-33(2)24-17-9-6-14-21(24)27-30(33)28-23-16-8-11-19-26(23)35-32(28)29-22-15-7-10-18-25(22)34(31(27)29)20-12-4-3-5-13-20/h3-19H,1-2H3. The van der Waals surface area contributed by atoms with Crippen LogP contribution in [0.5, 0.6) is 0 Å². The van der Waals surface area contributed by atoms with Gasteiger partial charge in [-0.1, -0.05) is 92.7 Å². The van der Waals surface area contributed by atoms with Gasteiger partial charge < -0.3 is 4.57 Å². The van der Waals surface area contributed by atoms with Gasteiger partial charge in [0, 0.05) is 47.6 Å². The van der Waals surface area contributed by atoms with E-state index in [1.807, 2.05) is 11.3 Å². The van der Waals surface area contributed by atoms with E-state index in [9.17, 15) is 0 Å². The quantitative estimate of drug-likeness (QED) is 0.227. The normalized spacial score (nSPS) is 14.2. The number of thiophene rings is 1. The third kappa shape index (κ3) is 2.33. The van der Waals surface area contributed by atoms with Crippen molar-refractivity contribution in [2.24, 2.45) is 0 Å². The molecule has 8 rings (SSSR count). The van der Waals surface area contributed by atoms with Crippen molar-refractivity contribution >= 4 is 53.3 Å². The molecular formula is C33H23NS. The summed E-state index contributed by atoms with van der Waals surface area (Å²) in [6.45, 7) is 4.82. The second kappa shape index (κ2) is 6.62. The van der Waals surface area contributed by atoms with E-state index in [2.05, 4.69) is 122 Å². The molecule has 35 heavy (non-hydrogen) atoms. The van der Waals surface area contributed by atoms with Gasteiger partial charge in [0.05, 0.1) is 11.0 Å². The third-order valence-electron chi connectivity index (χ3n) is 7.94. The minimum atomic E-state index is -0.0832. The Balaban J connectivity index is 1.76. The number of hydrogen-bond donors (Lipinski definition) is 0. The minimum Gasteiger partial charge on any atom is -0.309 e. The van der Waals surface area contributed by atoms with Crippen LogP contribution in [-0.4, -0.2) is 4.57 Å². The van der Waals surface area contributed by atoms with Crippen LogP contribution >= 0.6 is 11.3 Å². The summed E-state index contributed by atoms with van der Waals surface area (Å²) in [7, 11) is 0. The van der Waals surface area contributed by atoms with Crippen LogP contribution in [0.3, 0.4) is 0 Å². The van der Waals surface area contributed by atoms with Crippen LogP contribution in [-0.2, 0) is 5.41 Å². The van der Waals surface area contributed by atoms with Gasteiger partial charge in [0.15, 0.2) is 0 Å². The molecule has 0 fully saturated rings. The van der Waals surface area contributed by atoms with E-state index in [0.29, 0.717) is 0 Å². The number of hydrogen-bond acceptors (Lipinski definition) is 1. The van der Waals surface area contributed by atoms with Gasteiger partial charge in [-0.25, -0.2) is 0 Å². The molecule has 7 aromatic rings. The summed E-state index contributed by atoms with van der Waals surface area (Å²) < 4.78 is 5.28. The van der Waals surface area contributed by atoms with E-state index >= 15 is 0 Å². The summed E-state index contributed by atoms with van der Waals surface area (Å²) >= 11 is 1.95. The second-order valence-corrected chi connectivity index (χ2v) is 11.2. The first kappa shape index (κ1) is 19.4. The lowest BCUT2D eigenvalue weighted by Crippen LogP contribution is -2.15. The first-order valence-corrected chi connectivity index (χ1v) is 13.0. The number of rotatable bonds is 1. The highest BCUT2D eigenvalue weighted by molar-refractivity contribution is 7.26. The number of aromatic nitrogens is 1. The Kier molecular flexibility index (Phi) is 3.67. The van der Waals surface area contributed by atoms with Gasteiger partial charge in [0.1, 0.15) is 0 Å². The van der Waals surface area contributed by atoms with Crippen molar-refractivity contribution in [3.05, 3.63) is 114 Å². The first-order chi connectivity index (χ1) is 17.2. The Morgan fingerprint density at radius 2 is 1.34 bits per heavy atom. The van der Waals surface area contributed by atoms with Crippen molar-refractivity contribution in [3.8, 4) is 16.8 Å². The third-order valence-corrected chi connectivity index (χ3v) is 9.13. The van der Waals surface area contributed by atoms with E-state index in [1.165, 1.54) is 69.9 Å². The lowest BCUT2D eigenvalue weighted by atomic mass is 9.80. The van der Waals surface area contributed by atoms with Crippen LogP contribution in [0.2, 0.25) is 0 Å². The molecule has 0 spiro atoms. The Morgan fingerprint density at radius 1 is 0.657 bits per heavy atom. The maximum absolute atomic E-state index is 2.51. The van der Waals surface area contributed by atoms with Crippen LogP contribution in [0.25, 0.3) is 58.8 Å². The van der Waals surface area contributed by atoms with E-state index in [0.717, 1.165) is 0 Å². The summed E-state index contributed by atoms with van der Waals surface area (Å²) in [5.41, 5.74) is 9.39. The largest absolute Gasteiger partial charge is 0.309 e. The second-order valence-electron chi connectivity index (χ2n) is 10.1. The predicted molar refractivity (Wildman–Crippen MR) is 151 cm³/mol. The molecule has 166 valence electrons. The van der Waals surface area contributed by atoms with Crippen molar-refractivity contribution in [2.45, 2.75) is 19.3 Å². The highest BCUT2D eigenvalue weighted by Crippen LogP contribution is 2.58. The van der Waals surface area contributed by atoms with Crippen LogP contribution in [0.4, 0.5) is 0 Å². The summed E-state index contributed by atoms with van der Waals surface area (Å²) in [5, 5.41) is 5.52. The molecule has 0 radical (unpaired) electrons. The molecule has 0 aliphatic heterocycles. The molecule has 2 heteroatoms. The summed E-state index contributed by atoms with van der Waals surface area (Å²) in [6.07, 6.45) is 0. The molecule has 2 heterocycles. The Bertz CT molecular complexity index is 1970. The van der Waals surface area contributed by atoms with Crippen LogP contribution in [0.1, 0.15) is 25.0 Å². The van der Waals surface area contributed by atoms with E-state index in [4.69, 9.17) is 0 Å². The fourth-order valence-electron chi connectivity index (χ4n) is 6.53. The van der Waals surface area contributed by atoms with Gasteiger partial charge >= 0.3 is 0 Å². The Labute approximate surface area is 207 Å². The zero-order chi connectivity index (χ0) is 23.3. The Morgan fingerprint density at radius 3 is 2.20 bits per heavy atom. The summed E-state index contributed by atoms with van der Waals surface area (Å²) in [4.78, 5) is 0. The Hall–Kier alpha value is -3.88. The highest BCUT2D eigenvalue weighted by atomic mass is 32.1. The number of nitrogens with zero attached hydrogens (tertiary/aromatic N) is 1. The molecule has 1 aliphatic carbocycles. The fourth-order valence-corrected chi connectivity index (χ4v) is 7.80. The average Bonchev–Trinajstić information content (AvgIpc) is 3.51. The number of para-hydroxylation sites is 2. The molecule has 1 nitrogen and oxygen atoms in total. The molecule has 1 aliphatic rings. The molecule has 0 amide bonds. The summed E-state index contributed by atoms with van der Waals surface area (Å²) in [6, 6.07) is 37.8. The molecule has 0 bridgehead atoms. The van der Waals surface area contributed by atoms with Crippen LogP contribution < -0.4 is 0 Å². The monoisotopic (exact) mass is 465 g/mol. The SMILES string of the molecule is CC1(C)c2ccccc2-c2c1c1c3ccccc3sc1c1c3ccccc3n(-c3ccccc3)c21. The van der Waals surface area contributed by atoms with E-state index < -0.39 is 0 Å². The smallest absolute Gasteiger partial charge is 0.0637 e. The van der Waals surface area contributed by atoms with Gasteiger partial charge in [-0.15, -0.1) is 11.3 Å². The van der Waals surface area contributed by atoms with Gasteiger partial charge in [-0.2, -0.15) is 0 Å². The zero-order valence-electron chi connectivity index (χ0n) is 19.7. The zero-order valence-corrected chi connectivity index (χ0v) is 20.5. The molecule has 0 atom stereocenters. The molecule has 2 aromatic heterocycles. The molecule has 0 unspecified atom stereocenters. The van der Waals surface area contributed by atoms with Crippen molar-refractivity contribution in [3.63, 3.8) is 0 Å². The minimum absolute atomic E-state index is 0.0832. The van der Waals surface area contributed by atoms with Crippen LogP contribution in [0, 0.1) is 0 Å². The van der Waals surface area contributed by atoms with Crippen molar-refractivity contribution in [1.29, 1.82) is 0 Å². The summed E-state index contributed by atoms with van der Waals surface area (Å²) in [5.74, 6) is 0. The van der Waals surface area contributed by atoms with E-state index in [1.54, 1.807) is 0 Å². The van der Waals surface area contributed by atoms with Crippen molar-refractivity contribution < 1.29 is 0 Å². The lowest BCUT2D eigenvalue weighted by molar-refractivity contribution is 0.667. The lowest BCUT2D eigenvalue weighted by Gasteiger charge is -2.23. The molecule has 5 aromatic carbocycles. The van der Waals surface area contributed by atoms with Crippen molar-refractivity contribution in [2.75, 3.05) is 0 Å². The fraction of sp³-hybridized carbons (Fsp3) is 0.0909. The van der Waals surface area contributed by atoms with E-state index in [-0.39, 0.29) is 5.41 Å². The molecule has 0 saturated carbocycles. The van der Waals surface area contributed by atoms with Crippen molar-refractivity contribution in [1.82, 2.24) is 4.57 Å². The maximum Gasteiger partial charge on any atom is 0.0637 e. The topological polar surface area (TPSA) is 4.93 Å².